The highest BCUT2D eigenvalue weighted by Crippen LogP contribution is 2.44. The van der Waals surface area contributed by atoms with Crippen LogP contribution in [0.3, 0.4) is 0 Å². The number of nitrogens with one attached hydrogen (secondary N) is 1. The average Bonchev–Trinajstić information content (AvgIpc) is 2.89. The normalized spacial score (nSPS) is 21.5. The Bertz CT molecular complexity index is 824. The monoisotopic (exact) mass is 399 g/mol. The first-order valence-corrected chi connectivity index (χ1v) is 10.7. The van der Waals surface area contributed by atoms with E-state index in [9.17, 15) is 4.79 Å². The van der Waals surface area contributed by atoms with Gasteiger partial charge >= 0.3 is 0 Å². The van der Waals surface area contributed by atoms with E-state index in [0.717, 1.165) is 30.1 Å². The van der Waals surface area contributed by atoms with Gasteiger partial charge in [0.1, 0.15) is 5.78 Å². The highest BCUT2D eigenvalue weighted by atomic mass is 32.2. The molecular formula is C23H29NO3S. The smallest absolute Gasteiger partial charge is 0.161 e. The second kappa shape index (κ2) is 9.01. The lowest BCUT2D eigenvalue weighted by Gasteiger charge is -2.36. The molecule has 0 amide bonds. The topological polar surface area (TPSA) is 47.6 Å². The van der Waals surface area contributed by atoms with Crippen LogP contribution in [-0.2, 0) is 4.79 Å². The molecule has 4 nitrogen and oxygen atoms in total. The van der Waals surface area contributed by atoms with Crippen LogP contribution in [0.4, 0.5) is 0 Å². The van der Waals surface area contributed by atoms with Crippen molar-refractivity contribution in [2.45, 2.75) is 49.6 Å². The number of rotatable bonds is 7. The van der Waals surface area contributed by atoms with E-state index in [1.54, 1.807) is 21.1 Å². The number of benzene rings is 2. The minimum absolute atomic E-state index is 0.0258. The van der Waals surface area contributed by atoms with Crippen molar-refractivity contribution in [3.05, 3.63) is 53.6 Å². The van der Waals surface area contributed by atoms with Crippen molar-refractivity contribution in [1.29, 1.82) is 0 Å². The minimum atomic E-state index is -0.115. The molecule has 1 aliphatic heterocycles. The Balaban J connectivity index is 2.10. The zero-order valence-corrected chi connectivity index (χ0v) is 17.9. The van der Waals surface area contributed by atoms with Gasteiger partial charge in [0.05, 0.1) is 20.3 Å². The maximum Gasteiger partial charge on any atom is 0.161 e. The number of ether oxygens (including phenoxy) is 2. The zero-order chi connectivity index (χ0) is 20.1. The molecule has 0 bridgehead atoms. The van der Waals surface area contributed by atoms with E-state index in [0.29, 0.717) is 6.42 Å². The highest BCUT2D eigenvalue weighted by molar-refractivity contribution is 7.99. The van der Waals surface area contributed by atoms with E-state index in [1.165, 1.54) is 16.0 Å². The van der Waals surface area contributed by atoms with E-state index >= 15 is 0 Å². The van der Waals surface area contributed by atoms with Gasteiger partial charge < -0.3 is 14.3 Å². The summed E-state index contributed by atoms with van der Waals surface area (Å²) in [5.74, 6) is 2.62. The molecule has 0 aromatic heterocycles. The van der Waals surface area contributed by atoms with Gasteiger partial charge in [0.25, 0.3) is 0 Å². The molecule has 1 heterocycles. The maximum atomic E-state index is 11.7. The predicted molar refractivity (Wildman–Crippen MR) is 115 cm³/mol. The average molecular weight is 400 g/mol. The summed E-state index contributed by atoms with van der Waals surface area (Å²) >= 11 is 1.83. The summed E-state index contributed by atoms with van der Waals surface area (Å²) < 4.78 is 11.1. The summed E-state index contributed by atoms with van der Waals surface area (Å²) in [5, 5.41) is 3.93. The van der Waals surface area contributed by atoms with Gasteiger partial charge in [0.2, 0.25) is 0 Å². The molecule has 1 aliphatic rings. The lowest BCUT2D eigenvalue weighted by atomic mass is 9.88. The van der Waals surface area contributed by atoms with Gasteiger partial charge in [-0.2, -0.15) is 0 Å². The Morgan fingerprint density at radius 2 is 1.86 bits per heavy atom. The zero-order valence-electron chi connectivity index (χ0n) is 17.1. The second-order valence-electron chi connectivity index (χ2n) is 7.36. The van der Waals surface area contributed by atoms with Crippen molar-refractivity contribution in [1.82, 2.24) is 5.32 Å². The molecule has 2 aromatic rings. The second-order valence-corrected chi connectivity index (χ2v) is 8.37. The van der Waals surface area contributed by atoms with Crippen LogP contribution in [0.15, 0.2) is 47.4 Å². The Morgan fingerprint density at radius 3 is 2.46 bits per heavy atom. The lowest BCUT2D eigenvalue weighted by Crippen LogP contribution is -2.48. The molecule has 1 N–H and O–H groups in total. The van der Waals surface area contributed by atoms with Gasteiger partial charge in [-0.25, -0.2) is 0 Å². The first-order valence-electron chi connectivity index (χ1n) is 9.72. The van der Waals surface area contributed by atoms with Crippen LogP contribution < -0.4 is 14.8 Å². The number of hydrogen-bond donors (Lipinski definition) is 1. The van der Waals surface area contributed by atoms with E-state index in [4.69, 9.17) is 9.47 Å². The van der Waals surface area contributed by atoms with Crippen molar-refractivity contribution in [3.8, 4) is 11.5 Å². The SMILES string of the molecule is CC[C@]1(CCC(C)=O)CSc2cc(OC)c(OC)cc2[C@H](c2ccccc2)N1. The molecule has 0 saturated carbocycles. The van der Waals surface area contributed by atoms with Crippen LogP contribution in [0.2, 0.25) is 0 Å². The molecule has 0 fully saturated rings. The lowest BCUT2D eigenvalue weighted by molar-refractivity contribution is -0.117. The van der Waals surface area contributed by atoms with Crippen LogP contribution in [0.5, 0.6) is 11.5 Å². The van der Waals surface area contributed by atoms with Crippen LogP contribution in [0, 0.1) is 0 Å². The van der Waals surface area contributed by atoms with Gasteiger partial charge in [0.15, 0.2) is 11.5 Å². The number of methoxy groups -OCH3 is 2. The first-order chi connectivity index (χ1) is 13.5. The molecule has 0 radical (unpaired) electrons. The molecule has 0 unspecified atom stereocenters. The number of hydrogen-bond acceptors (Lipinski definition) is 5. The van der Waals surface area contributed by atoms with Gasteiger partial charge in [-0.15, -0.1) is 11.8 Å². The molecule has 0 spiro atoms. The summed E-state index contributed by atoms with van der Waals surface area (Å²) in [4.78, 5) is 12.9. The van der Waals surface area contributed by atoms with Gasteiger partial charge in [0, 0.05) is 22.6 Å². The third-order valence-electron chi connectivity index (χ3n) is 5.55. The maximum absolute atomic E-state index is 11.7. The van der Waals surface area contributed by atoms with E-state index < -0.39 is 0 Å². The molecule has 150 valence electrons. The van der Waals surface area contributed by atoms with Crippen LogP contribution >= 0.6 is 11.8 Å². The number of fused-ring (bicyclic) bond motifs is 1. The van der Waals surface area contributed by atoms with Crippen molar-refractivity contribution < 1.29 is 14.3 Å². The fourth-order valence-electron chi connectivity index (χ4n) is 3.72. The summed E-state index contributed by atoms with van der Waals surface area (Å²) in [6.07, 6.45) is 2.38. The molecule has 0 saturated heterocycles. The van der Waals surface area contributed by atoms with E-state index in [-0.39, 0.29) is 17.4 Å². The molecule has 3 rings (SSSR count). The summed E-state index contributed by atoms with van der Waals surface area (Å²) in [7, 11) is 3.34. The fourth-order valence-corrected chi connectivity index (χ4v) is 5.11. The number of Topliss-reactive ketones (excluding diaryl/α,β-unsaturated/α-hetero) is 1. The van der Waals surface area contributed by atoms with Crippen molar-refractivity contribution in [3.63, 3.8) is 0 Å². The van der Waals surface area contributed by atoms with E-state index in [1.807, 2.05) is 17.8 Å². The quantitative estimate of drug-likeness (QED) is 0.709. The summed E-state index contributed by atoms with van der Waals surface area (Å²) in [6, 6.07) is 14.7. The Morgan fingerprint density at radius 1 is 1.18 bits per heavy atom. The van der Waals surface area contributed by atoms with E-state index in [2.05, 4.69) is 48.6 Å². The fraction of sp³-hybridized carbons (Fsp3) is 0.435. The molecule has 2 aromatic carbocycles. The number of ketones is 1. The van der Waals surface area contributed by atoms with Crippen molar-refractivity contribution >= 4 is 17.5 Å². The third-order valence-corrected chi connectivity index (χ3v) is 6.91. The Hall–Kier alpha value is -1.98. The number of carbonyl (C=O) groups excluding carboxylic acids is 1. The Kier molecular flexibility index (Phi) is 6.68. The summed E-state index contributed by atoms with van der Waals surface area (Å²) in [6.45, 7) is 3.87. The van der Waals surface area contributed by atoms with Crippen LogP contribution in [-0.4, -0.2) is 31.3 Å². The molecule has 28 heavy (non-hydrogen) atoms. The third kappa shape index (κ3) is 4.36. The summed E-state index contributed by atoms with van der Waals surface area (Å²) in [5.41, 5.74) is 2.28. The predicted octanol–water partition coefficient (Wildman–Crippen LogP) is 5.01. The molecule has 2 atom stereocenters. The number of thioether (sulfide) groups is 1. The van der Waals surface area contributed by atoms with Gasteiger partial charge in [-0.05, 0) is 43.0 Å². The molecular weight excluding hydrogens is 370 g/mol. The van der Waals surface area contributed by atoms with Crippen LogP contribution in [0.25, 0.3) is 0 Å². The van der Waals surface area contributed by atoms with Gasteiger partial charge in [-0.3, -0.25) is 5.32 Å². The van der Waals surface area contributed by atoms with Crippen molar-refractivity contribution in [2.24, 2.45) is 0 Å². The standard InChI is InChI=1S/C23H29NO3S/c1-5-23(12-11-16(2)25)15-28-21-14-20(27-4)19(26-3)13-18(21)22(24-23)17-9-7-6-8-10-17/h6-10,13-14,22,24H,5,11-12,15H2,1-4H3/t22-,23-/m0/s1. The highest BCUT2D eigenvalue weighted by Gasteiger charge is 2.36. The van der Waals surface area contributed by atoms with Gasteiger partial charge in [-0.1, -0.05) is 37.3 Å². The largest absolute Gasteiger partial charge is 0.493 e. The van der Waals surface area contributed by atoms with Crippen molar-refractivity contribution in [2.75, 3.05) is 20.0 Å². The number of carbonyl (C=O) groups is 1. The molecule has 0 aliphatic carbocycles. The van der Waals surface area contributed by atoms with Crippen LogP contribution in [0.1, 0.15) is 50.3 Å². The first kappa shape index (κ1) is 20.7. The Labute approximate surface area is 172 Å². The molecule has 5 heteroatoms. The minimum Gasteiger partial charge on any atom is -0.493 e.